The highest BCUT2D eigenvalue weighted by Gasteiger charge is 2.24. The number of phenols is 1. The van der Waals surface area contributed by atoms with E-state index in [1.54, 1.807) is 69.4 Å². The average Bonchev–Trinajstić information content (AvgIpc) is 2.90. The third-order valence-corrected chi connectivity index (χ3v) is 10.1. The van der Waals surface area contributed by atoms with E-state index in [0.29, 0.717) is 0 Å². The van der Waals surface area contributed by atoms with Crippen LogP contribution < -0.4 is 14.2 Å². The fourth-order valence-corrected chi connectivity index (χ4v) is 7.99. The van der Waals surface area contributed by atoms with Crippen LogP contribution in [0.4, 0.5) is 0 Å². The first-order valence-electron chi connectivity index (χ1n) is 11.2. The number of halogens is 4. The molecule has 0 fully saturated rings. The first-order chi connectivity index (χ1) is 19.7. The van der Waals surface area contributed by atoms with Crippen LogP contribution in [-0.2, 0) is 10.1 Å². The third kappa shape index (κ3) is 8.09. The largest absolute Gasteiger partial charge is 0.744 e. The molecule has 0 unspecified atom stereocenters. The van der Waals surface area contributed by atoms with E-state index in [9.17, 15) is 32.5 Å². The van der Waals surface area contributed by atoms with Gasteiger partial charge in [-0.3, -0.25) is 0 Å². The minimum absolute atomic E-state index is 0.0299. The van der Waals surface area contributed by atoms with Gasteiger partial charge in [0.15, 0.2) is 11.5 Å². The van der Waals surface area contributed by atoms with Crippen molar-refractivity contribution in [2.75, 3.05) is 0 Å². The molecule has 4 aromatic carbocycles. The van der Waals surface area contributed by atoms with Gasteiger partial charge in [0.25, 0.3) is 0 Å². The van der Waals surface area contributed by atoms with Crippen LogP contribution in [0.1, 0.15) is 31.1 Å². The van der Waals surface area contributed by atoms with Gasteiger partial charge in [0.1, 0.15) is 15.9 Å². The summed E-state index contributed by atoms with van der Waals surface area (Å²) in [6.07, 6.45) is 0. The van der Waals surface area contributed by atoms with Crippen molar-refractivity contribution in [2.45, 2.75) is 4.90 Å². The highest BCUT2D eigenvalue weighted by Crippen LogP contribution is 2.39. The van der Waals surface area contributed by atoms with Gasteiger partial charge in [0.05, 0.1) is 21.6 Å². The molecule has 0 saturated carbocycles. The zero-order chi connectivity index (χ0) is 30.8. The number of carbonyl (C=O) groups excluding carboxylic acids is 3. The van der Waals surface area contributed by atoms with E-state index in [4.69, 9.17) is 14.2 Å². The Hall–Kier alpha value is -2.08. The Kier molecular flexibility index (Phi) is 10.7. The van der Waals surface area contributed by atoms with Crippen molar-refractivity contribution >= 4 is 118 Å². The fraction of sp³-hybridized carbons (Fsp3) is 0. The molecule has 0 bridgehead atoms. The quantitative estimate of drug-likeness (QED) is 0.0956. The van der Waals surface area contributed by atoms with Gasteiger partial charge >= 0.3 is 17.9 Å². The Morgan fingerprint density at radius 1 is 0.619 bits per heavy atom. The Morgan fingerprint density at radius 2 is 1.00 bits per heavy atom. The van der Waals surface area contributed by atoms with Crippen LogP contribution in [0.5, 0.6) is 23.0 Å². The van der Waals surface area contributed by atoms with Crippen molar-refractivity contribution in [1.29, 1.82) is 0 Å². The maximum atomic E-state index is 13.1. The Balaban J connectivity index is 1.71. The van der Waals surface area contributed by atoms with Crippen molar-refractivity contribution < 1.29 is 46.7 Å². The smallest absolute Gasteiger partial charge is 0.343 e. The number of esters is 3. The maximum absolute atomic E-state index is 13.1. The first kappa shape index (κ1) is 32.8. The number of rotatable bonds is 7. The molecule has 0 aliphatic carbocycles. The Labute approximate surface area is 293 Å². The highest BCUT2D eigenvalue weighted by molar-refractivity contribution is 14.1. The molecule has 0 atom stereocenters. The lowest BCUT2D eigenvalue weighted by Crippen LogP contribution is -2.14. The molecular formula is C27H13I4O10S-. The summed E-state index contributed by atoms with van der Waals surface area (Å²) in [6, 6.07) is 17.1. The average molecular weight is 1040 g/mol. The number of carbonyl (C=O) groups is 3. The number of phenolic OH excluding ortho intramolecular Hbond substituents is 1. The normalized spacial score (nSPS) is 11.1. The molecule has 216 valence electrons. The van der Waals surface area contributed by atoms with Crippen molar-refractivity contribution in [3.63, 3.8) is 0 Å². The zero-order valence-electron chi connectivity index (χ0n) is 20.5. The van der Waals surface area contributed by atoms with Gasteiger partial charge in [0.2, 0.25) is 5.75 Å². The molecule has 0 heterocycles. The van der Waals surface area contributed by atoms with Gasteiger partial charge in [-0.1, -0.05) is 0 Å². The van der Waals surface area contributed by atoms with E-state index in [2.05, 4.69) is 45.2 Å². The molecule has 1 N–H and O–H groups in total. The molecule has 0 saturated heterocycles. The molecule has 4 aromatic rings. The van der Waals surface area contributed by atoms with Gasteiger partial charge in [0, 0.05) is 14.3 Å². The van der Waals surface area contributed by atoms with Gasteiger partial charge in [-0.05, 0) is 163 Å². The molecular weight excluding hydrogens is 1020 g/mol. The highest BCUT2D eigenvalue weighted by atomic mass is 127. The maximum Gasteiger partial charge on any atom is 0.343 e. The third-order valence-electron chi connectivity index (χ3n) is 5.27. The lowest BCUT2D eigenvalue weighted by Gasteiger charge is -2.15. The van der Waals surface area contributed by atoms with Crippen LogP contribution in [0.2, 0.25) is 0 Å². The lowest BCUT2D eigenvalue weighted by molar-refractivity contribution is 0.0698. The molecule has 0 radical (unpaired) electrons. The fourth-order valence-electron chi connectivity index (χ4n) is 3.35. The first-order valence-corrected chi connectivity index (χ1v) is 16.9. The van der Waals surface area contributed by atoms with Crippen molar-refractivity contribution in [1.82, 2.24) is 0 Å². The molecule has 0 aliphatic heterocycles. The van der Waals surface area contributed by atoms with Crippen molar-refractivity contribution in [3.05, 3.63) is 104 Å². The van der Waals surface area contributed by atoms with Crippen LogP contribution in [0.25, 0.3) is 0 Å². The number of ether oxygens (including phenoxy) is 3. The lowest BCUT2D eigenvalue weighted by atomic mass is 10.1. The van der Waals surface area contributed by atoms with Gasteiger partial charge in [-0.2, -0.15) is 0 Å². The molecule has 15 heteroatoms. The van der Waals surface area contributed by atoms with Gasteiger partial charge < -0.3 is 23.9 Å². The predicted octanol–water partition coefficient (Wildman–Crippen LogP) is 6.37. The minimum Gasteiger partial charge on any atom is -0.744 e. The Morgan fingerprint density at radius 3 is 1.38 bits per heavy atom. The second kappa shape index (κ2) is 13.7. The van der Waals surface area contributed by atoms with E-state index >= 15 is 0 Å². The second-order valence-corrected chi connectivity index (χ2v) is 14.3. The number of aromatic hydroxyl groups is 1. The molecule has 0 spiro atoms. The van der Waals surface area contributed by atoms with Gasteiger partial charge in [-0.15, -0.1) is 0 Å². The summed E-state index contributed by atoms with van der Waals surface area (Å²) in [6.45, 7) is 0. The summed E-state index contributed by atoms with van der Waals surface area (Å²) in [5, 5.41) is 10.8. The summed E-state index contributed by atoms with van der Waals surface area (Å²) in [7, 11) is -4.78. The van der Waals surface area contributed by atoms with Crippen LogP contribution in [-0.4, -0.2) is 36.0 Å². The van der Waals surface area contributed by atoms with Crippen LogP contribution in [0.3, 0.4) is 0 Å². The molecule has 42 heavy (non-hydrogen) atoms. The number of hydrogen-bond donors (Lipinski definition) is 1. The van der Waals surface area contributed by atoms with E-state index in [1.165, 1.54) is 36.4 Å². The topological polar surface area (TPSA) is 156 Å². The minimum atomic E-state index is -4.78. The van der Waals surface area contributed by atoms with Crippen LogP contribution in [0.15, 0.2) is 77.7 Å². The van der Waals surface area contributed by atoms with Gasteiger partial charge in [-0.25, -0.2) is 22.8 Å². The summed E-state index contributed by atoms with van der Waals surface area (Å²) in [5.74, 6) is -4.55. The summed E-state index contributed by atoms with van der Waals surface area (Å²) >= 11 is 7.38. The Bertz CT molecular complexity index is 1720. The summed E-state index contributed by atoms with van der Waals surface area (Å²) in [5.41, 5.74) is 0.0183. The number of benzene rings is 4. The monoisotopic (exact) mass is 1040 g/mol. The SMILES string of the molecule is O=C(Oc1cc(I)c(S(=O)(=O)[O-])c(I)c1)c1cc(OC(=O)c2ccc(I)cc2)c(O)c(OC(=O)c2ccc(I)cc2)c1. The van der Waals surface area contributed by atoms with E-state index < -0.39 is 50.2 Å². The molecule has 10 nitrogen and oxygen atoms in total. The van der Waals surface area contributed by atoms with Crippen molar-refractivity contribution in [3.8, 4) is 23.0 Å². The molecule has 0 aromatic heterocycles. The summed E-state index contributed by atoms with van der Waals surface area (Å²) < 4.78 is 52.6. The predicted molar refractivity (Wildman–Crippen MR) is 181 cm³/mol. The van der Waals surface area contributed by atoms with E-state index in [-0.39, 0.29) is 29.6 Å². The van der Waals surface area contributed by atoms with E-state index in [0.717, 1.165) is 19.3 Å². The number of hydrogen-bond acceptors (Lipinski definition) is 10. The van der Waals surface area contributed by atoms with Crippen LogP contribution in [0, 0.1) is 14.3 Å². The molecule has 0 aliphatic rings. The summed E-state index contributed by atoms with van der Waals surface area (Å²) in [4.78, 5) is 38.3. The molecule has 4 rings (SSSR count). The standard InChI is InChI=1S/C27H14I4O10S/c28-16-5-1-13(2-6-16)25(33)40-21-9-15(10-22(23(21)32)41-26(34)14-3-7-17(29)8-4-14)27(35)39-18-11-19(30)24(20(31)12-18)42(36,37)38/h1-12,32H,(H,36,37,38)/p-1. The van der Waals surface area contributed by atoms with E-state index in [1.807, 2.05) is 0 Å². The zero-order valence-corrected chi connectivity index (χ0v) is 29.9. The second-order valence-electron chi connectivity index (χ2n) is 8.17. The van der Waals surface area contributed by atoms with Crippen LogP contribution >= 0.6 is 90.4 Å². The molecule has 0 amide bonds. The van der Waals surface area contributed by atoms with Crippen molar-refractivity contribution in [2.24, 2.45) is 0 Å².